The fraction of sp³-hybridized carbons (Fsp3) is 0.842. The van der Waals surface area contributed by atoms with Crippen molar-refractivity contribution in [3.05, 3.63) is 48.6 Å². The third-order valence-corrected chi connectivity index (χ3v) is 12.5. The van der Waals surface area contributed by atoms with Gasteiger partial charge in [-0.1, -0.05) is 268 Å². The van der Waals surface area contributed by atoms with Crippen molar-refractivity contribution in [2.45, 2.75) is 302 Å². The van der Waals surface area contributed by atoms with E-state index in [-0.39, 0.29) is 12.5 Å². The number of hydrogen-bond acceptors (Lipinski definition) is 3. The van der Waals surface area contributed by atoms with Gasteiger partial charge in [0.05, 0.1) is 18.8 Å². The van der Waals surface area contributed by atoms with E-state index < -0.39 is 12.1 Å². The summed E-state index contributed by atoms with van der Waals surface area (Å²) in [5, 5.41) is 23.1. The number of aliphatic hydroxyl groups is 2. The third kappa shape index (κ3) is 49.2. The minimum absolute atomic E-state index is 0.0712. The number of amides is 1. The maximum Gasteiger partial charge on any atom is 0.220 e. The highest BCUT2D eigenvalue weighted by Crippen LogP contribution is 2.16. The quantitative estimate of drug-likeness (QED) is 0.0422. The van der Waals surface area contributed by atoms with Crippen LogP contribution in [0.5, 0.6) is 0 Å². The molecule has 0 aromatic rings. The highest BCUT2D eigenvalue weighted by atomic mass is 16.3. The smallest absolute Gasteiger partial charge is 0.220 e. The molecule has 0 saturated carbocycles. The van der Waals surface area contributed by atoms with Crippen molar-refractivity contribution >= 4 is 5.91 Å². The van der Waals surface area contributed by atoms with Crippen LogP contribution in [0.3, 0.4) is 0 Å². The van der Waals surface area contributed by atoms with Gasteiger partial charge in [0, 0.05) is 6.42 Å². The van der Waals surface area contributed by atoms with Crippen LogP contribution in [-0.4, -0.2) is 34.9 Å². The van der Waals surface area contributed by atoms with Crippen LogP contribution >= 0.6 is 0 Å². The SMILES string of the molecule is CCCCCCC/C=C\C/C=C\CCCCCCCCCCCCCCCCCC(=O)NC(CO)C(O)/C=C/CC/C=C/CCCCCCCCCCCCCCCCCC. The van der Waals surface area contributed by atoms with Crippen molar-refractivity contribution in [1.29, 1.82) is 0 Å². The van der Waals surface area contributed by atoms with Gasteiger partial charge < -0.3 is 15.5 Å². The van der Waals surface area contributed by atoms with Crippen LogP contribution in [-0.2, 0) is 4.79 Å². The molecule has 0 aliphatic carbocycles. The summed E-state index contributed by atoms with van der Waals surface area (Å²) in [7, 11) is 0. The Morgan fingerprint density at radius 1 is 0.393 bits per heavy atom. The maximum absolute atomic E-state index is 12.5. The summed E-state index contributed by atoms with van der Waals surface area (Å²) >= 11 is 0. The van der Waals surface area contributed by atoms with E-state index in [2.05, 4.69) is 55.6 Å². The summed E-state index contributed by atoms with van der Waals surface area (Å²) in [6.07, 6.45) is 72.6. The second-order valence-corrected chi connectivity index (χ2v) is 18.6. The Balaban J connectivity index is 3.53. The molecular formula is C57H107NO3. The van der Waals surface area contributed by atoms with Gasteiger partial charge in [-0.2, -0.15) is 0 Å². The minimum Gasteiger partial charge on any atom is -0.394 e. The largest absolute Gasteiger partial charge is 0.394 e. The molecule has 0 rings (SSSR count). The van der Waals surface area contributed by atoms with Crippen LogP contribution in [0.1, 0.15) is 290 Å². The van der Waals surface area contributed by atoms with Crippen molar-refractivity contribution in [2.24, 2.45) is 0 Å². The molecule has 61 heavy (non-hydrogen) atoms. The monoisotopic (exact) mass is 854 g/mol. The molecule has 2 atom stereocenters. The van der Waals surface area contributed by atoms with Crippen molar-refractivity contribution in [3.63, 3.8) is 0 Å². The van der Waals surface area contributed by atoms with Crippen molar-refractivity contribution in [2.75, 3.05) is 6.61 Å². The molecule has 0 spiro atoms. The molecule has 0 aromatic carbocycles. The first-order chi connectivity index (χ1) is 30.2. The molecule has 4 nitrogen and oxygen atoms in total. The van der Waals surface area contributed by atoms with Crippen molar-refractivity contribution in [3.8, 4) is 0 Å². The Morgan fingerprint density at radius 2 is 0.689 bits per heavy atom. The molecule has 0 aliphatic rings. The fourth-order valence-electron chi connectivity index (χ4n) is 8.34. The third-order valence-electron chi connectivity index (χ3n) is 12.5. The summed E-state index contributed by atoms with van der Waals surface area (Å²) in [6.45, 7) is 4.31. The number of allylic oxidation sites excluding steroid dienone is 7. The molecule has 358 valence electrons. The predicted octanol–water partition coefficient (Wildman–Crippen LogP) is 17.9. The number of aliphatic hydroxyl groups excluding tert-OH is 2. The summed E-state index contributed by atoms with van der Waals surface area (Å²) in [5.74, 6) is -0.0712. The Bertz CT molecular complexity index is 970. The molecule has 0 fully saturated rings. The van der Waals surface area contributed by atoms with E-state index in [1.165, 1.54) is 231 Å². The van der Waals surface area contributed by atoms with Gasteiger partial charge in [-0.25, -0.2) is 0 Å². The van der Waals surface area contributed by atoms with Crippen LogP contribution < -0.4 is 5.32 Å². The van der Waals surface area contributed by atoms with Gasteiger partial charge in [-0.15, -0.1) is 0 Å². The first-order valence-corrected chi connectivity index (χ1v) is 27.4. The lowest BCUT2D eigenvalue weighted by Crippen LogP contribution is -2.45. The first kappa shape index (κ1) is 59.4. The summed E-state index contributed by atoms with van der Waals surface area (Å²) in [4.78, 5) is 12.5. The number of rotatable bonds is 50. The van der Waals surface area contributed by atoms with E-state index in [0.29, 0.717) is 6.42 Å². The zero-order chi connectivity index (χ0) is 44.2. The molecule has 4 heteroatoms. The van der Waals surface area contributed by atoms with E-state index in [0.717, 1.165) is 38.5 Å². The van der Waals surface area contributed by atoms with Crippen molar-refractivity contribution < 1.29 is 15.0 Å². The zero-order valence-corrected chi connectivity index (χ0v) is 41.2. The van der Waals surface area contributed by atoms with Gasteiger partial charge in [0.2, 0.25) is 5.91 Å². The Labute approximate surface area is 382 Å². The molecule has 2 unspecified atom stereocenters. The lowest BCUT2D eigenvalue weighted by Gasteiger charge is -2.19. The van der Waals surface area contributed by atoms with E-state index in [9.17, 15) is 15.0 Å². The van der Waals surface area contributed by atoms with E-state index in [1.54, 1.807) is 6.08 Å². The number of hydrogen-bond donors (Lipinski definition) is 3. The average Bonchev–Trinajstić information content (AvgIpc) is 3.26. The van der Waals surface area contributed by atoms with Crippen LogP contribution in [0.4, 0.5) is 0 Å². The van der Waals surface area contributed by atoms with Gasteiger partial charge in [-0.3, -0.25) is 4.79 Å². The molecular weight excluding hydrogens is 747 g/mol. The van der Waals surface area contributed by atoms with E-state index in [4.69, 9.17) is 0 Å². The fourth-order valence-corrected chi connectivity index (χ4v) is 8.34. The molecule has 0 aliphatic heterocycles. The second kappa shape index (κ2) is 52.7. The number of carbonyl (C=O) groups is 1. The van der Waals surface area contributed by atoms with Crippen LogP contribution in [0.15, 0.2) is 48.6 Å². The maximum atomic E-state index is 12.5. The summed E-state index contributed by atoms with van der Waals surface area (Å²) < 4.78 is 0. The average molecular weight is 854 g/mol. The second-order valence-electron chi connectivity index (χ2n) is 18.6. The summed E-state index contributed by atoms with van der Waals surface area (Å²) in [5.41, 5.74) is 0. The van der Waals surface area contributed by atoms with Gasteiger partial charge in [0.15, 0.2) is 0 Å². The number of unbranched alkanes of at least 4 members (excludes halogenated alkanes) is 37. The first-order valence-electron chi connectivity index (χ1n) is 27.4. The predicted molar refractivity (Wildman–Crippen MR) is 271 cm³/mol. The lowest BCUT2D eigenvalue weighted by atomic mass is 10.0. The molecule has 0 heterocycles. The van der Waals surface area contributed by atoms with Gasteiger partial charge >= 0.3 is 0 Å². The highest BCUT2D eigenvalue weighted by Gasteiger charge is 2.18. The van der Waals surface area contributed by atoms with Gasteiger partial charge in [0.1, 0.15) is 0 Å². The number of carbonyl (C=O) groups excluding carboxylic acids is 1. The highest BCUT2D eigenvalue weighted by molar-refractivity contribution is 5.76. The minimum atomic E-state index is -0.863. The van der Waals surface area contributed by atoms with Gasteiger partial charge in [0.25, 0.3) is 0 Å². The molecule has 1 amide bonds. The van der Waals surface area contributed by atoms with E-state index >= 15 is 0 Å². The van der Waals surface area contributed by atoms with Crippen LogP contribution in [0, 0.1) is 0 Å². The standard InChI is InChI=1S/C57H107NO3/c1-3-5-7-9-11-13-15-17-19-21-23-25-27-28-29-30-31-33-35-37-39-41-43-45-47-49-51-53-57(61)58-55(54-59)56(60)52-50-48-46-44-42-40-38-36-34-32-26-24-22-20-18-16-14-12-10-8-6-4-2/h15,17,21,23,42,44,50,52,55-56,59-60H,3-14,16,18-20,22,24-41,43,45-49,51,53-54H2,1-2H3,(H,58,61)/b17-15-,23-21-,44-42+,52-50+. The van der Waals surface area contributed by atoms with Gasteiger partial charge in [-0.05, 0) is 64.2 Å². The van der Waals surface area contributed by atoms with Crippen molar-refractivity contribution in [1.82, 2.24) is 5.32 Å². The zero-order valence-electron chi connectivity index (χ0n) is 41.2. The normalized spacial score (nSPS) is 13.2. The molecule has 3 N–H and O–H groups in total. The Hall–Kier alpha value is -1.65. The molecule has 0 radical (unpaired) electrons. The molecule has 0 saturated heterocycles. The topological polar surface area (TPSA) is 69.6 Å². The Morgan fingerprint density at radius 3 is 1.05 bits per heavy atom. The lowest BCUT2D eigenvalue weighted by molar-refractivity contribution is -0.123. The number of nitrogens with one attached hydrogen (secondary N) is 1. The van der Waals surface area contributed by atoms with Crippen LogP contribution in [0.25, 0.3) is 0 Å². The van der Waals surface area contributed by atoms with Crippen LogP contribution in [0.2, 0.25) is 0 Å². The summed E-state index contributed by atoms with van der Waals surface area (Å²) in [6, 6.07) is -0.640. The Kier molecular flexibility index (Phi) is 51.3. The van der Waals surface area contributed by atoms with E-state index in [1.807, 2.05) is 6.08 Å². The molecule has 0 aromatic heterocycles. The molecule has 0 bridgehead atoms.